The van der Waals surface area contributed by atoms with Crippen molar-refractivity contribution in [3.05, 3.63) is 153 Å². The molecule has 0 radical (unpaired) electrons. The molecule has 6 aromatic rings. The number of hydrogen-bond acceptors (Lipinski definition) is 2. The lowest BCUT2D eigenvalue weighted by Gasteiger charge is -2.27. The van der Waals surface area contributed by atoms with Crippen LogP contribution in [-0.2, 0) is 43.3 Å². The molecule has 0 saturated carbocycles. The highest BCUT2D eigenvalue weighted by Crippen LogP contribution is 2.42. The van der Waals surface area contributed by atoms with Gasteiger partial charge in [-0.15, -0.1) is 0 Å². The normalized spacial score (nSPS) is 11.8. The lowest BCUT2D eigenvalue weighted by atomic mass is 9.77. The fourth-order valence-corrected chi connectivity index (χ4v) is 9.22. The van der Waals surface area contributed by atoms with E-state index in [0.717, 1.165) is 55.6 Å². The van der Waals surface area contributed by atoms with Crippen molar-refractivity contribution in [2.75, 3.05) is 0 Å². The summed E-state index contributed by atoms with van der Waals surface area (Å²) in [4.78, 5) is 9.75. The Hall–Kier alpha value is -8.34. The van der Waals surface area contributed by atoms with Crippen LogP contribution in [0.15, 0.2) is 97.6 Å². The molecule has 0 spiro atoms. The van der Waals surface area contributed by atoms with Gasteiger partial charge in [0.15, 0.2) is 0 Å². The Morgan fingerprint density at radius 1 is 0.202 bits per heavy atom. The number of aromatic nitrogens is 2. The summed E-state index contributed by atoms with van der Waals surface area (Å²) in [6, 6.07) is 27.7. The summed E-state index contributed by atoms with van der Waals surface area (Å²) < 4.78 is 0. The highest BCUT2D eigenvalue weighted by molar-refractivity contribution is 5.85. The summed E-state index contributed by atoms with van der Waals surface area (Å²) in [7, 11) is 0. The molecule has 0 aliphatic heterocycles. The summed E-state index contributed by atoms with van der Waals surface area (Å²) in [5, 5.41) is 0. The van der Waals surface area contributed by atoms with Gasteiger partial charge < -0.3 is 0 Å². The van der Waals surface area contributed by atoms with E-state index in [9.17, 15) is 0 Å². The molecule has 426 valence electrons. The predicted molar refractivity (Wildman–Crippen MR) is 360 cm³/mol. The highest BCUT2D eigenvalue weighted by atomic mass is 14.6. The van der Waals surface area contributed by atoms with E-state index in [4.69, 9.17) is 9.97 Å². The van der Waals surface area contributed by atoms with Crippen LogP contribution in [0.2, 0.25) is 0 Å². The Morgan fingerprint density at radius 3 is 0.488 bits per heavy atom. The summed E-state index contributed by atoms with van der Waals surface area (Å²) in [5.41, 5.74) is 19.4. The maximum absolute atomic E-state index is 4.87. The SMILES string of the molecule is CC(C)(C)c1cc(-c2cncc(-c3cc(C(C)(C)C)cc(C(C)(C)C)c3)c2C#CC#CC#CC#CC#CC#CC#CC#Cc2c(-c3cc(C(C)(C)C)cc(C(C)(C)C)c3)cncc2-c2cc(C(C)(C)C)cc(C(C)(C)C)c2)cc(C(C)(C)C)c1. The molecular formula is C82H88N2. The number of pyridine rings is 2. The standard InChI is InChI=1S/C82H88N2/c1-75(2,3)61-41-57(42-62(49-61)76(4,5)6)71-53-83-54-72(58-43-63(77(7,8)9)50-64(44-58)78(10,11)12)69(71)39-37-35-33-31-29-27-25-26-28-30-32-34-36-38-40-70-73(59-45-65(79(13,14)15)51-66(46-59)80(16,17)18)55-84-56-74(70)60-47-67(81(19,20)21)52-68(48-60)82(22,23)24/h41-56H,1-24H3. The lowest BCUT2D eigenvalue weighted by Crippen LogP contribution is -2.17. The molecule has 2 nitrogen and oxygen atoms in total. The second-order valence-corrected chi connectivity index (χ2v) is 30.4. The first-order valence-electron chi connectivity index (χ1n) is 29.4. The summed E-state index contributed by atoms with van der Waals surface area (Å²) in [5.74, 6) is 47.2. The second-order valence-electron chi connectivity index (χ2n) is 30.4. The largest absolute Gasteiger partial charge is 0.263 e. The predicted octanol–water partition coefficient (Wildman–Crippen LogP) is 18.9. The van der Waals surface area contributed by atoms with E-state index in [1.165, 1.54) is 44.5 Å². The van der Waals surface area contributed by atoms with E-state index in [0.29, 0.717) is 0 Å². The van der Waals surface area contributed by atoms with Crippen LogP contribution < -0.4 is 0 Å². The molecule has 84 heavy (non-hydrogen) atoms. The van der Waals surface area contributed by atoms with Gasteiger partial charge in [-0.25, -0.2) is 0 Å². The first-order valence-corrected chi connectivity index (χ1v) is 29.4. The van der Waals surface area contributed by atoms with Gasteiger partial charge in [0, 0.05) is 58.2 Å². The summed E-state index contributed by atoms with van der Waals surface area (Å²) in [6.45, 7) is 54.2. The number of hydrogen-bond donors (Lipinski definition) is 0. The number of rotatable bonds is 4. The Kier molecular flexibility index (Phi) is 19.2. The van der Waals surface area contributed by atoms with Crippen LogP contribution in [0.1, 0.15) is 222 Å². The molecular weight excluding hydrogens is 1010 g/mol. The topological polar surface area (TPSA) is 25.8 Å². The molecule has 0 amide bonds. The zero-order valence-corrected chi connectivity index (χ0v) is 55.1. The average Bonchev–Trinajstić information content (AvgIpc) is 1.44. The van der Waals surface area contributed by atoms with Gasteiger partial charge in [0.2, 0.25) is 0 Å². The van der Waals surface area contributed by atoms with Gasteiger partial charge in [0.05, 0.1) is 0 Å². The molecule has 0 saturated heterocycles. The molecule has 2 heteroatoms. The smallest absolute Gasteiger partial charge is 0.0443 e. The first-order chi connectivity index (χ1) is 38.7. The minimum atomic E-state index is -0.0680. The van der Waals surface area contributed by atoms with Gasteiger partial charge in [0.25, 0.3) is 0 Å². The Bertz CT molecular complexity index is 3460. The van der Waals surface area contributed by atoms with Crippen molar-refractivity contribution in [2.24, 2.45) is 0 Å². The van der Waals surface area contributed by atoms with Crippen molar-refractivity contribution < 1.29 is 0 Å². The molecule has 4 aromatic carbocycles. The molecule has 0 bridgehead atoms. The summed E-state index contributed by atoms with van der Waals surface area (Å²) in [6.07, 6.45) is 7.76. The molecule has 0 atom stereocenters. The van der Waals surface area contributed by atoms with Crippen molar-refractivity contribution in [2.45, 2.75) is 209 Å². The van der Waals surface area contributed by atoms with Crippen molar-refractivity contribution in [1.82, 2.24) is 9.97 Å². The van der Waals surface area contributed by atoms with Crippen LogP contribution in [0.5, 0.6) is 0 Å². The van der Waals surface area contributed by atoms with Crippen LogP contribution in [0.25, 0.3) is 44.5 Å². The van der Waals surface area contributed by atoms with Crippen LogP contribution in [0.3, 0.4) is 0 Å². The van der Waals surface area contributed by atoms with Crippen LogP contribution in [-0.4, -0.2) is 9.97 Å². The molecule has 2 heterocycles. The third-order valence-corrected chi connectivity index (χ3v) is 15.0. The quantitative estimate of drug-likeness (QED) is 0.164. The maximum atomic E-state index is 4.87. The second kappa shape index (κ2) is 24.9. The highest BCUT2D eigenvalue weighted by Gasteiger charge is 2.28. The number of benzene rings is 4. The van der Waals surface area contributed by atoms with E-state index in [-0.39, 0.29) is 43.3 Å². The minimum absolute atomic E-state index is 0.0680. The van der Waals surface area contributed by atoms with Gasteiger partial charge in [-0.05, 0) is 193 Å². The number of nitrogens with zero attached hydrogens (tertiary/aromatic N) is 2. The Balaban J connectivity index is 1.34. The monoisotopic (exact) mass is 1100 g/mol. The molecule has 0 N–H and O–H groups in total. The van der Waals surface area contributed by atoms with Gasteiger partial charge in [-0.2, -0.15) is 0 Å². The van der Waals surface area contributed by atoms with E-state index < -0.39 is 0 Å². The third-order valence-electron chi connectivity index (χ3n) is 15.0. The third kappa shape index (κ3) is 17.1. The molecule has 0 aliphatic rings. The Labute approximate surface area is 509 Å². The fraction of sp³-hybridized carbons (Fsp3) is 0.390. The van der Waals surface area contributed by atoms with Crippen molar-refractivity contribution >= 4 is 0 Å². The maximum Gasteiger partial charge on any atom is 0.0443 e. The summed E-state index contributed by atoms with van der Waals surface area (Å²) >= 11 is 0. The Morgan fingerprint density at radius 2 is 0.345 bits per heavy atom. The van der Waals surface area contributed by atoms with Gasteiger partial charge in [-0.1, -0.05) is 251 Å². The van der Waals surface area contributed by atoms with Crippen LogP contribution in [0.4, 0.5) is 0 Å². The molecule has 0 aliphatic carbocycles. The first kappa shape index (κ1) is 64.8. The van der Waals surface area contributed by atoms with Crippen molar-refractivity contribution in [3.63, 3.8) is 0 Å². The van der Waals surface area contributed by atoms with Crippen molar-refractivity contribution in [1.29, 1.82) is 0 Å². The van der Waals surface area contributed by atoms with Gasteiger partial charge in [-0.3, -0.25) is 9.97 Å². The molecule has 2 aromatic heterocycles. The van der Waals surface area contributed by atoms with E-state index in [2.05, 4.69) is 334 Å². The van der Waals surface area contributed by atoms with Crippen molar-refractivity contribution in [3.8, 4) is 139 Å². The molecule has 0 unspecified atom stereocenters. The van der Waals surface area contributed by atoms with Gasteiger partial charge >= 0.3 is 0 Å². The zero-order valence-electron chi connectivity index (χ0n) is 55.1. The van der Waals surface area contributed by atoms with E-state index in [1.54, 1.807) is 0 Å². The minimum Gasteiger partial charge on any atom is -0.263 e. The average molecular weight is 1100 g/mol. The fourth-order valence-electron chi connectivity index (χ4n) is 9.22. The van der Waals surface area contributed by atoms with E-state index in [1.807, 2.05) is 24.8 Å². The zero-order chi connectivity index (χ0) is 62.4. The van der Waals surface area contributed by atoms with E-state index >= 15 is 0 Å². The molecule has 0 fully saturated rings. The van der Waals surface area contributed by atoms with Crippen LogP contribution >= 0.6 is 0 Å². The lowest BCUT2D eigenvalue weighted by molar-refractivity contribution is 0.568. The van der Waals surface area contributed by atoms with Gasteiger partial charge in [0.1, 0.15) is 0 Å². The van der Waals surface area contributed by atoms with Crippen LogP contribution in [0, 0.1) is 94.7 Å². The molecule has 6 rings (SSSR count).